The number of aliphatic hydroxyl groups excluding tert-OH is 1. The van der Waals surface area contributed by atoms with Gasteiger partial charge in [0.2, 0.25) is 0 Å². The Balaban J connectivity index is 1.88. The maximum absolute atomic E-state index is 10.4. The van der Waals surface area contributed by atoms with Crippen LogP contribution in [0, 0.1) is 5.92 Å². The molecule has 0 unspecified atom stereocenters. The minimum absolute atomic E-state index is 0.151. The lowest BCUT2D eigenvalue weighted by Gasteiger charge is -2.51. The smallest absolute Gasteiger partial charge is 0.166 e. The summed E-state index contributed by atoms with van der Waals surface area (Å²) >= 11 is 0. The Morgan fingerprint density at radius 2 is 2.20 bits per heavy atom. The summed E-state index contributed by atoms with van der Waals surface area (Å²) in [6, 6.07) is 3.80. The number of phenolic OH excluding ortho intramolecular Hbond substituents is 1. The lowest BCUT2D eigenvalue weighted by atomic mass is 9.52. The van der Waals surface area contributed by atoms with Crippen molar-refractivity contribution in [2.45, 2.75) is 49.7 Å². The van der Waals surface area contributed by atoms with Crippen molar-refractivity contribution in [3.8, 4) is 11.5 Å². The van der Waals surface area contributed by atoms with Crippen LogP contribution in [-0.2, 0) is 11.8 Å². The number of hydrogen-bond acceptors (Lipinski definition) is 3. The highest BCUT2D eigenvalue weighted by atomic mass is 16.5. The lowest BCUT2D eigenvalue weighted by Crippen LogP contribution is -2.54. The number of aliphatic hydroxyl groups is 1. The van der Waals surface area contributed by atoms with E-state index < -0.39 is 6.10 Å². The van der Waals surface area contributed by atoms with Gasteiger partial charge in [0.05, 0.1) is 11.5 Å². The molecule has 1 spiro atoms. The van der Waals surface area contributed by atoms with Crippen molar-refractivity contribution in [2.24, 2.45) is 5.92 Å². The first kappa shape index (κ1) is 11.2. The van der Waals surface area contributed by atoms with E-state index in [0.29, 0.717) is 18.1 Å². The van der Waals surface area contributed by atoms with E-state index in [0.717, 1.165) is 12.8 Å². The van der Waals surface area contributed by atoms with Crippen molar-refractivity contribution >= 4 is 0 Å². The van der Waals surface area contributed by atoms with Gasteiger partial charge >= 0.3 is 0 Å². The van der Waals surface area contributed by atoms with Crippen LogP contribution in [0.4, 0.5) is 0 Å². The highest BCUT2D eigenvalue weighted by Gasteiger charge is 2.61. The van der Waals surface area contributed by atoms with Gasteiger partial charge in [-0.2, -0.15) is 0 Å². The number of rotatable bonds is 0. The Labute approximate surface area is 117 Å². The van der Waals surface area contributed by atoms with Crippen LogP contribution in [0.5, 0.6) is 11.5 Å². The van der Waals surface area contributed by atoms with Crippen LogP contribution in [0.2, 0.25) is 0 Å². The molecule has 4 atom stereocenters. The number of hydrogen-bond donors (Lipinski definition) is 2. The number of ether oxygens (including phenoxy) is 1. The van der Waals surface area contributed by atoms with E-state index in [1.807, 2.05) is 0 Å². The van der Waals surface area contributed by atoms with Crippen molar-refractivity contribution < 1.29 is 14.9 Å². The molecule has 104 valence electrons. The summed E-state index contributed by atoms with van der Waals surface area (Å²) in [6.45, 7) is 0. The van der Waals surface area contributed by atoms with E-state index in [9.17, 15) is 10.2 Å². The highest BCUT2D eigenvalue weighted by molar-refractivity contribution is 5.64. The lowest BCUT2D eigenvalue weighted by molar-refractivity contribution is -0.00418. The average molecular weight is 270 g/mol. The molecular weight excluding hydrogens is 252 g/mol. The molecule has 3 aliphatic carbocycles. The summed E-state index contributed by atoms with van der Waals surface area (Å²) in [5, 5.41) is 20.6. The second kappa shape index (κ2) is 3.40. The molecule has 1 aliphatic heterocycles. The Morgan fingerprint density at radius 1 is 1.30 bits per heavy atom. The third-order valence-electron chi connectivity index (χ3n) is 5.87. The van der Waals surface area contributed by atoms with Crippen LogP contribution in [0.3, 0.4) is 0 Å². The second-order valence-electron chi connectivity index (χ2n) is 6.71. The Kier molecular flexibility index (Phi) is 1.90. The van der Waals surface area contributed by atoms with Gasteiger partial charge in [0.15, 0.2) is 11.5 Å². The van der Waals surface area contributed by atoms with Crippen molar-refractivity contribution in [2.75, 3.05) is 0 Å². The molecule has 2 N–H and O–H groups in total. The van der Waals surface area contributed by atoms with E-state index in [-0.39, 0.29) is 17.3 Å². The van der Waals surface area contributed by atoms with Crippen LogP contribution in [0.15, 0.2) is 23.8 Å². The SMILES string of the molecule is Oc1ccc2c3c1O[C@H]1[C@@H](O)CC=C4[C@H](CCC[C@]431)C2. The van der Waals surface area contributed by atoms with Crippen LogP contribution in [0.25, 0.3) is 0 Å². The maximum Gasteiger partial charge on any atom is 0.166 e. The highest BCUT2D eigenvalue weighted by Crippen LogP contribution is 2.64. The van der Waals surface area contributed by atoms with Gasteiger partial charge in [-0.25, -0.2) is 0 Å². The fourth-order valence-electron chi connectivity index (χ4n) is 5.23. The van der Waals surface area contributed by atoms with Gasteiger partial charge in [0.25, 0.3) is 0 Å². The van der Waals surface area contributed by atoms with Gasteiger partial charge < -0.3 is 14.9 Å². The molecule has 1 saturated carbocycles. The number of phenols is 1. The van der Waals surface area contributed by atoms with Gasteiger partial charge in [-0.05, 0) is 43.2 Å². The second-order valence-corrected chi connectivity index (χ2v) is 6.71. The van der Waals surface area contributed by atoms with E-state index in [1.54, 1.807) is 6.07 Å². The van der Waals surface area contributed by atoms with Gasteiger partial charge in [-0.1, -0.05) is 24.1 Å². The fraction of sp³-hybridized carbons (Fsp3) is 0.529. The van der Waals surface area contributed by atoms with E-state index in [4.69, 9.17) is 4.74 Å². The Hall–Kier alpha value is -1.48. The summed E-state index contributed by atoms with van der Waals surface area (Å²) in [5.41, 5.74) is 3.83. The summed E-state index contributed by atoms with van der Waals surface area (Å²) in [6.07, 6.45) is 6.81. The predicted octanol–water partition coefficient (Wildman–Crippen LogP) is 2.44. The van der Waals surface area contributed by atoms with Crippen LogP contribution in [-0.4, -0.2) is 22.4 Å². The largest absolute Gasteiger partial charge is 0.504 e. The fourth-order valence-corrected chi connectivity index (χ4v) is 5.23. The first-order valence-electron chi connectivity index (χ1n) is 7.62. The van der Waals surface area contributed by atoms with Gasteiger partial charge in [0.1, 0.15) is 6.10 Å². The molecule has 2 bridgehead atoms. The van der Waals surface area contributed by atoms with Crippen molar-refractivity contribution in [1.82, 2.24) is 0 Å². The zero-order valence-corrected chi connectivity index (χ0v) is 11.3. The molecule has 0 aromatic heterocycles. The summed E-state index contributed by atoms with van der Waals surface area (Å²) in [7, 11) is 0. The molecule has 0 saturated heterocycles. The van der Waals surface area contributed by atoms with Gasteiger partial charge in [-0.15, -0.1) is 0 Å². The molecule has 0 radical (unpaired) electrons. The zero-order valence-electron chi connectivity index (χ0n) is 11.3. The standard InChI is InChI=1S/C17H18O3/c18-12-5-3-10-8-9-2-1-7-17-11(9)4-6-13(19)16(17)20-15(12)14(10)17/h3-5,9,13,16,18-19H,1-2,6-8H2/t9-,13+,16+,17+/m1/s1. The normalized spacial score (nSPS) is 39.9. The van der Waals surface area contributed by atoms with Crippen LogP contribution < -0.4 is 4.74 Å². The monoisotopic (exact) mass is 270 g/mol. The molecule has 5 rings (SSSR count). The quantitative estimate of drug-likeness (QED) is 0.712. The zero-order chi connectivity index (χ0) is 13.5. The van der Waals surface area contributed by atoms with Crippen molar-refractivity contribution in [1.29, 1.82) is 0 Å². The Bertz CT molecular complexity index is 648. The van der Waals surface area contributed by atoms with Crippen molar-refractivity contribution in [3.05, 3.63) is 34.9 Å². The number of aromatic hydroxyl groups is 1. The van der Waals surface area contributed by atoms with Gasteiger partial charge in [-0.3, -0.25) is 0 Å². The Morgan fingerprint density at radius 3 is 3.10 bits per heavy atom. The molecule has 1 aromatic carbocycles. The summed E-state index contributed by atoms with van der Waals surface area (Å²) in [4.78, 5) is 0. The molecule has 1 heterocycles. The van der Waals surface area contributed by atoms with E-state index >= 15 is 0 Å². The third-order valence-corrected chi connectivity index (χ3v) is 5.87. The number of benzene rings is 1. The molecule has 1 aromatic rings. The topological polar surface area (TPSA) is 49.7 Å². The van der Waals surface area contributed by atoms with E-state index in [1.165, 1.54) is 29.5 Å². The predicted molar refractivity (Wildman–Crippen MR) is 74.0 cm³/mol. The van der Waals surface area contributed by atoms with Crippen LogP contribution >= 0.6 is 0 Å². The first-order chi connectivity index (χ1) is 9.72. The molecule has 20 heavy (non-hydrogen) atoms. The molecule has 0 amide bonds. The molecule has 3 nitrogen and oxygen atoms in total. The molecule has 3 heteroatoms. The van der Waals surface area contributed by atoms with Gasteiger partial charge in [0, 0.05) is 5.56 Å². The maximum atomic E-state index is 10.4. The third kappa shape index (κ3) is 1.05. The van der Waals surface area contributed by atoms with Crippen molar-refractivity contribution in [3.63, 3.8) is 0 Å². The first-order valence-corrected chi connectivity index (χ1v) is 7.62. The van der Waals surface area contributed by atoms with E-state index in [2.05, 4.69) is 12.1 Å². The minimum atomic E-state index is -0.463. The molecular formula is C17H18O3. The summed E-state index contributed by atoms with van der Waals surface area (Å²) in [5.74, 6) is 1.47. The average Bonchev–Trinajstić information content (AvgIpc) is 2.78. The minimum Gasteiger partial charge on any atom is -0.504 e. The van der Waals surface area contributed by atoms with Crippen LogP contribution in [0.1, 0.15) is 36.8 Å². The molecule has 4 aliphatic rings. The summed E-state index contributed by atoms with van der Waals surface area (Å²) < 4.78 is 6.08. The molecule has 1 fully saturated rings.